The zero-order chi connectivity index (χ0) is 19.4. The molecule has 1 aliphatic heterocycles. The van der Waals surface area contributed by atoms with Crippen molar-refractivity contribution in [3.63, 3.8) is 0 Å². The van der Waals surface area contributed by atoms with E-state index < -0.39 is 5.54 Å². The number of carbonyl (C=O) groups is 2. The molecule has 2 unspecified atom stereocenters. The Kier molecular flexibility index (Phi) is 5.40. The highest BCUT2D eigenvalue weighted by Gasteiger charge is 2.42. The highest BCUT2D eigenvalue weighted by Crippen LogP contribution is 2.32. The number of ether oxygens (including phenoxy) is 1. The molecule has 1 heterocycles. The lowest BCUT2D eigenvalue weighted by molar-refractivity contribution is -0.132. The Morgan fingerprint density at radius 2 is 1.81 bits per heavy atom. The first-order valence-corrected chi connectivity index (χ1v) is 9.13. The minimum atomic E-state index is -0.828. The van der Waals surface area contributed by atoms with Crippen molar-refractivity contribution >= 4 is 18.2 Å². The summed E-state index contributed by atoms with van der Waals surface area (Å²) in [6.45, 7) is 5.30. The van der Waals surface area contributed by atoms with Crippen LogP contribution in [0.3, 0.4) is 0 Å². The van der Waals surface area contributed by atoms with Crippen LogP contribution >= 0.6 is 0 Å². The van der Waals surface area contributed by atoms with Crippen LogP contribution in [0.15, 0.2) is 59.6 Å². The van der Waals surface area contributed by atoms with Crippen LogP contribution in [0.1, 0.15) is 44.4 Å². The third kappa shape index (κ3) is 4.08. The second-order valence-corrected chi connectivity index (χ2v) is 6.98. The summed E-state index contributed by atoms with van der Waals surface area (Å²) in [5.41, 5.74) is 1.24. The third-order valence-corrected chi connectivity index (χ3v) is 4.80. The maximum absolute atomic E-state index is 13.1. The first kappa shape index (κ1) is 18.8. The highest BCUT2D eigenvalue weighted by molar-refractivity contribution is 6.00. The quantitative estimate of drug-likeness (QED) is 0.576. The molecule has 0 N–H and O–H groups in total. The minimum absolute atomic E-state index is 0.00210. The van der Waals surface area contributed by atoms with Crippen LogP contribution in [-0.2, 0) is 16.0 Å². The van der Waals surface area contributed by atoms with Crippen molar-refractivity contribution in [1.29, 1.82) is 0 Å². The van der Waals surface area contributed by atoms with Gasteiger partial charge in [0.05, 0.1) is 12.4 Å². The number of hydrogen-bond donors (Lipinski definition) is 0. The van der Waals surface area contributed by atoms with Crippen LogP contribution in [0.5, 0.6) is 5.75 Å². The van der Waals surface area contributed by atoms with Crippen LogP contribution in [0.2, 0.25) is 0 Å². The fraction of sp³-hybridized carbons (Fsp3) is 0.318. The van der Waals surface area contributed by atoms with Crippen molar-refractivity contribution in [2.24, 2.45) is 4.99 Å². The third-order valence-electron chi connectivity index (χ3n) is 4.80. The monoisotopic (exact) mass is 364 g/mol. The van der Waals surface area contributed by atoms with Gasteiger partial charge in [0.2, 0.25) is 0 Å². The Bertz CT molecular complexity index is 846. The molecule has 0 radical (unpaired) electrons. The Hall–Kier alpha value is -2.95. The molecule has 0 aliphatic carbocycles. The first-order chi connectivity index (χ1) is 12.9. The summed E-state index contributed by atoms with van der Waals surface area (Å²) in [5, 5.41) is 0. The lowest BCUT2D eigenvalue weighted by Gasteiger charge is -2.28. The number of esters is 1. The van der Waals surface area contributed by atoms with E-state index in [-0.39, 0.29) is 17.9 Å². The molecular weight excluding hydrogens is 340 g/mol. The summed E-state index contributed by atoms with van der Waals surface area (Å²) < 4.78 is 5.05. The summed E-state index contributed by atoms with van der Waals surface area (Å²) in [6.07, 6.45) is 2.98. The second kappa shape index (κ2) is 7.74. The van der Waals surface area contributed by atoms with Gasteiger partial charge >= 0.3 is 5.97 Å². The van der Waals surface area contributed by atoms with E-state index in [9.17, 15) is 9.59 Å². The fourth-order valence-corrected chi connectivity index (χ4v) is 3.43. The van der Waals surface area contributed by atoms with Gasteiger partial charge in [-0.25, -0.2) is 0 Å². The van der Waals surface area contributed by atoms with E-state index in [0.717, 1.165) is 17.5 Å². The number of hydrogen-bond acceptors (Lipinski definition) is 4. The molecule has 27 heavy (non-hydrogen) atoms. The van der Waals surface area contributed by atoms with Crippen LogP contribution in [0.4, 0.5) is 0 Å². The molecule has 0 bridgehead atoms. The summed E-state index contributed by atoms with van der Waals surface area (Å²) in [6, 6.07) is 17.2. The Morgan fingerprint density at radius 1 is 1.15 bits per heavy atom. The smallest absolute Gasteiger partial charge is 0.308 e. The number of amides is 1. The summed E-state index contributed by atoms with van der Waals surface area (Å²) in [4.78, 5) is 30.5. The number of rotatable bonds is 6. The van der Waals surface area contributed by atoms with E-state index in [0.29, 0.717) is 12.2 Å². The van der Waals surface area contributed by atoms with E-state index in [4.69, 9.17) is 4.74 Å². The van der Waals surface area contributed by atoms with Gasteiger partial charge in [-0.15, -0.1) is 0 Å². The molecule has 1 amide bonds. The molecular formula is C22H24N2O3. The predicted octanol–water partition coefficient (Wildman–Crippen LogP) is 3.93. The van der Waals surface area contributed by atoms with E-state index in [1.165, 1.54) is 6.92 Å². The summed E-state index contributed by atoms with van der Waals surface area (Å²) >= 11 is 0. The van der Waals surface area contributed by atoms with Crippen molar-refractivity contribution in [2.75, 3.05) is 0 Å². The molecule has 1 aliphatic rings. The second-order valence-electron chi connectivity index (χ2n) is 6.98. The zero-order valence-corrected chi connectivity index (χ0v) is 15.9. The number of nitrogens with zero attached hydrogens (tertiary/aromatic N) is 2. The maximum Gasteiger partial charge on any atom is 0.308 e. The largest absolute Gasteiger partial charge is 0.427 e. The van der Waals surface area contributed by atoms with Gasteiger partial charge in [-0.2, -0.15) is 0 Å². The Labute approximate surface area is 159 Å². The molecule has 0 saturated heterocycles. The molecule has 5 nitrogen and oxygen atoms in total. The van der Waals surface area contributed by atoms with E-state index in [1.54, 1.807) is 23.4 Å². The lowest BCUT2D eigenvalue weighted by atomic mass is 9.92. The molecule has 0 fully saturated rings. The van der Waals surface area contributed by atoms with Crippen molar-refractivity contribution in [3.8, 4) is 5.75 Å². The minimum Gasteiger partial charge on any atom is -0.427 e. The average molecular weight is 364 g/mol. The molecule has 0 spiro atoms. The Morgan fingerprint density at radius 3 is 2.41 bits per heavy atom. The molecule has 140 valence electrons. The highest BCUT2D eigenvalue weighted by atomic mass is 16.5. The fourth-order valence-electron chi connectivity index (χ4n) is 3.43. The van der Waals surface area contributed by atoms with Crippen molar-refractivity contribution < 1.29 is 14.3 Å². The topological polar surface area (TPSA) is 59.0 Å². The van der Waals surface area contributed by atoms with E-state index in [2.05, 4.69) is 11.9 Å². The van der Waals surface area contributed by atoms with Crippen molar-refractivity contribution in [3.05, 3.63) is 65.7 Å². The summed E-state index contributed by atoms with van der Waals surface area (Å²) in [7, 11) is 0. The van der Waals surface area contributed by atoms with Gasteiger partial charge in [-0.1, -0.05) is 49.4 Å². The molecule has 0 aromatic heterocycles. The molecule has 2 aromatic carbocycles. The normalized spacial score (nSPS) is 20.0. The first-order valence-electron chi connectivity index (χ1n) is 9.13. The van der Waals surface area contributed by atoms with Crippen molar-refractivity contribution in [2.45, 2.75) is 45.2 Å². The van der Waals surface area contributed by atoms with Crippen LogP contribution in [-0.4, -0.2) is 28.7 Å². The van der Waals surface area contributed by atoms with Gasteiger partial charge in [-0.3, -0.25) is 19.5 Å². The predicted molar refractivity (Wildman–Crippen MR) is 105 cm³/mol. The van der Waals surface area contributed by atoms with Crippen LogP contribution in [0.25, 0.3) is 0 Å². The van der Waals surface area contributed by atoms with Gasteiger partial charge < -0.3 is 4.74 Å². The zero-order valence-electron chi connectivity index (χ0n) is 15.9. The molecule has 3 rings (SSSR count). The van der Waals surface area contributed by atoms with Crippen molar-refractivity contribution in [1.82, 2.24) is 4.90 Å². The average Bonchev–Trinajstić information content (AvgIpc) is 2.93. The van der Waals surface area contributed by atoms with Gasteiger partial charge in [0.25, 0.3) is 5.91 Å². The van der Waals surface area contributed by atoms with Gasteiger partial charge in [0.15, 0.2) is 0 Å². The SMILES string of the molecule is CCC(c1ccccc1)N1C=NC(C)(Cc2ccc(OC(C)=O)cc2)C1=O. The number of benzene rings is 2. The standard InChI is InChI=1S/C22H24N2O3/c1-4-20(18-8-6-5-7-9-18)24-15-23-22(3,21(24)26)14-17-10-12-19(13-11-17)27-16(2)25/h5-13,15,20H,4,14H2,1-3H3. The molecule has 0 saturated carbocycles. The van der Waals surface area contributed by atoms with Crippen LogP contribution in [0, 0.1) is 0 Å². The van der Waals surface area contributed by atoms with Gasteiger partial charge in [0.1, 0.15) is 11.3 Å². The Balaban J connectivity index is 1.75. The maximum atomic E-state index is 13.1. The number of aliphatic imine (C=N–C) groups is 1. The van der Waals surface area contributed by atoms with E-state index in [1.807, 2.05) is 49.4 Å². The van der Waals surface area contributed by atoms with Gasteiger partial charge in [0, 0.05) is 13.3 Å². The van der Waals surface area contributed by atoms with Crippen LogP contribution < -0.4 is 4.74 Å². The molecule has 2 atom stereocenters. The van der Waals surface area contributed by atoms with Gasteiger partial charge in [-0.05, 0) is 36.6 Å². The number of carbonyl (C=O) groups excluding carboxylic acids is 2. The summed E-state index contributed by atoms with van der Waals surface area (Å²) in [5.74, 6) is 0.143. The lowest BCUT2D eigenvalue weighted by Crippen LogP contribution is -2.42. The molecule has 2 aromatic rings. The molecule has 5 heteroatoms. The van der Waals surface area contributed by atoms with E-state index >= 15 is 0 Å².